The maximum atomic E-state index is 11.7. The van der Waals surface area contributed by atoms with Gasteiger partial charge in [-0.2, -0.15) is 0 Å². The van der Waals surface area contributed by atoms with E-state index < -0.39 is 0 Å². The molecule has 2 rings (SSSR count). The highest BCUT2D eigenvalue weighted by molar-refractivity contribution is 5.91. The molecule has 1 aromatic rings. The van der Waals surface area contributed by atoms with Gasteiger partial charge in [0.1, 0.15) is 6.61 Å². The van der Waals surface area contributed by atoms with Gasteiger partial charge in [0.2, 0.25) is 5.91 Å². The molecule has 0 aromatic heterocycles. The molecule has 0 saturated carbocycles. The van der Waals surface area contributed by atoms with Crippen molar-refractivity contribution >= 4 is 17.7 Å². The predicted octanol–water partition coefficient (Wildman–Crippen LogP) is 1.78. The Balaban J connectivity index is 1.80. The number of anilines is 1. The van der Waals surface area contributed by atoms with E-state index in [1.165, 1.54) is 4.90 Å². The van der Waals surface area contributed by atoms with E-state index >= 15 is 0 Å². The van der Waals surface area contributed by atoms with Gasteiger partial charge in [0.05, 0.1) is 6.54 Å². The van der Waals surface area contributed by atoms with Gasteiger partial charge in [-0.1, -0.05) is 12.1 Å². The number of hydrogen-bond acceptors (Lipinski definition) is 3. The second-order valence-corrected chi connectivity index (χ2v) is 4.27. The van der Waals surface area contributed by atoms with E-state index in [2.05, 4.69) is 5.32 Å². The van der Waals surface area contributed by atoms with E-state index in [-0.39, 0.29) is 18.4 Å². The summed E-state index contributed by atoms with van der Waals surface area (Å²) in [5, 5.41) is 2.80. The molecule has 0 radical (unpaired) electrons. The number of nitrogens with zero attached hydrogens (tertiary/aromatic N) is 1. The number of hydrogen-bond donors (Lipinski definition) is 1. The van der Waals surface area contributed by atoms with Gasteiger partial charge >= 0.3 is 6.09 Å². The van der Waals surface area contributed by atoms with Gasteiger partial charge in [0.25, 0.3) is 0 Å². The van der Waals surface area contributed by atoms with Gasteiger partial charge in [0, 0.05) is 18.7 Å². The van der Waals surface area contributed by atoms with Crippen LogP contribution in [0.5, 0.6) is 0 Å². The second-order valence-electron chi connectivity index (χ2n) is 4.27. The zero-order valence-electron chi connectivity index (χ0n) is 10.3. The molecule has 0 unspecified atom stereocenters. The second kappa shape index (κ2) is 5.53. The molecule has 96 valence electrons. The first kappa shape index (κ1) is 12.4. The van der Waals surface area contributed by atoms with E-state index in [4.69, 9.17) is 4.74 Å². The Morgan fingerprint density at radius 1 is 1.50 bits per heavy atom. The summed E-state index contributed by atoms with van der Waals surface area (Å²) >= 11 is 0. The minimum Gasteiger partial charge on any atom is -0.448 e. The Morgan fingerprint density at radius 3 is 3.00 bits per heavy atom. The van der Waals surface area contributed by atoms with Crippen molar-refractivity contribution in [2.45, 2.75) is 13.3 Å². The molecule has 1 N–H and O–H groups in total. The Morgan fingerprint density at radius 2 is 2.33 bits per heavy atom. The molecular weight excluding hydrogens is 232 g/mol. The Bertz CT molecular complexity index is 459. The first-order valence-corrected chi connectivity index (χ1v) is 5.93. The first-order valence-electron chi connectivity index (χ1n) is 5.93. The number of rotatable bonds is 4. The summed E-state index contributed by atoms with van der Waals surface area (Å²) in [6.07, 6.45) is -0.0541. The highest BCUT2D eigenvalue weighted by Crippen LogP contribution is 2.10. The van der Waals surface area contributed by atoms with Crippen molar-refractivity contribution in [2.24, 2.45) is 0 Å². The number of nitrogens with one attached hydrogen (secondary N) is 1. The summed E-state index contributed by atoms with van der Waals surface area (Å²) in [6, 6.07) is 7.61. The molecule has 5 nitrogen and oxygen atoms in total. The molecule has 1 saturated heterocycles. The van der Waals surface area contributed by atoms with Gasteiger partial charge in [-0.25, -0.2) is 4.79 Å². The molecular formula is C13H16N2O3. The number of aryl methyl sites for hydroxylation is 1. The third kappa shape index (κ3) is 3.23. The molecule has 0 spiro atoms. The van der Waals surface area contributed by atoms with Gasteiger partial charge < -0.3 is 15.0 Å². The zero-order chi connectivity index (χ0) is 13.0. The van der Waals surface area contributed by atoms with Crippen molar-refractivity contribution in [2.75, 3.05) is 25.0 Å². The fourth-order valence-corrected chi connectivity index (χ4v) is 1.81. The third-order valence-electron chi connectivity index (χ3n) is 2.76. The quantitative estimate of drug-likeness (QED) is 0.883. The van der Waals surface area contributed by atoms with Crippen LogP contribution in [0, 0.1) is 6.92 Å². The van der Waals surface area contributed by atoms with Gasteiger partial charge in [-0.15, -0.1) is 0 Å². The molecule has 0 bridgehead atoms. The average molecular weight is 248 g/mol. The standard InChI is InChI=1S/C13H16N2O3/c1-10-3-2-4-11(9-10)14-12(16)5-6-15-7-8-18-13(15)17/h2-4,9H,5-8H2,1H3,(H,14,16). The largest absolute Gasteiger partial charge is 0.448 e. The maximum Gasteiger partial charge on any atom is 0.409 e. The molecule has 18 heavy (non-hydrogen) atoms. The number of carbonyl (C=O) groups is 2. The van der Waals surface area contributed by atoms with E-state index in [0.717, 1.165) is 11.3 Å². The summed E-state index contributed by atoms with van der Waals surface area (Å²) in [7, 11) is 0. The predicted molar refractivity (Wildman–Crippen MR) is 67.3 cm³/mol. The lowest BCUT2D eigenvalue weighted by Crippen LogP contribution is -2.28. The molecule has 5 heteroatoms. The molecule has 0 atom stereocenters. The Labute approximate surface area is 106 Å². The molecule has 2 amide bonds. The number of carbonyl (C=O) groups excluding carboxylic acids is 2. The van der Waals surface area contributed by atoms with Crippen LogP contribution in [0.1, 0.15) is 12.0 Å². The van der Waals surface area contributed by atoms with Crippen LogP contribution in [-0.4, -0.2) is 36.6 Å². The van der Waals surface area contributed by atoms with E-state index in [0.29, 0.717) is 19.7 Å². The summed E-state index contributed by atoms with van der Waals surface area (Å²) in [5.41, 5.74) is 1.87. The number of amides is 2. The topological polar surface area (TPSA) is 58.6 Å². The van der Waals surface area contributed by atoms with Crippen molar-refractivity contribution in [1.82, 2.24) is 4.90 Å². The molecule has 1 aromatic carbocycles. The van der Waals surface area contributed by atoms with Crippen molar-refractivity contribution in [3.05, 3.63) is 29.8 Å². The van der Waals surface area contributed by atoms with Crippen LogP contribution in [0.4, 0.5) is 10.5 Å². The molecule has 1 aliphatic heterocycles. The highest BCUT2D eigenvalue weighted by atomic mass is 16.6. The number of ether oxygens (including phenoxy) is 1. The minimum absolute atomic E-state index is 0.0969. The first-order chi connectivity index (χ1) is 8.65. The highest BCUT2D eigenvalue weighted by Gasteiger charge is 2.21. The SMILES string of the molecule is Cc1cccc(NC(=O)CCN2CCOC2=O)c1. The van der Waals surface area contributed by atoms with Gasteiger partial charge in [-0.05, 0) is 24.6 Å². The molecule has 0 aliphatic carbocycles. The Kier molecular flexibility index (Phi) is 3.82. The fourth-order valence-electron chi connectivity index (χ4n) is 1.81. The van der Waals surface area contributed by atoms with Crippen molar-refractivity contribution in [3.63, 3.8) is 0 Å². The summed E-state index contributed by atoms with van der Waals surface area (Å²) < 4.78 is 4.79. The van der Waals surface area contributed by atoms with Crippen LogP contribution in [-0.2, 0) is 9.53 Å². The number of benzene rings is 1. The van der Waals surface area contributed by atoms with Crippen LogP contribution in [0.2, 0.25) is 0 Å². The summed E-state index contributed by atoms with van der Waals surface area (Å²) in [4.78, 5) is 24.4. The van der Waals surface area contributed by atoms with Crippen LogP contribution < -0.4 is 5.32 Å². The lowest BCUT2D eigenvalue weighted by Gasteiger charge is -2.12. The normalized spacial score (nSPS) is 14.5. The molecule has 1 heterocycles. The minimum atomic E-state index is -0.335. The Hall–Kier alpha value is -2.04. The maximum absolute atomic E-state index is 11.7. The molecule has 1 fully saturated rings. The monoisotopic (exact) mass is 248 g/mol. The summed E-state index contributed by atoms with van der Waals surface area (Å²) in [6.45, 7) is 3.35. The fraction of sp³-hybridized carbons (Fsp3) is 0.385. The smallest absolute Gasteiger partial charge is 0.409 e. The van der Waals surface area contributed by atoms with Gasteiger partial charge in [-0.3, -0.25) is 4.79 Å². The van der Waals surface area contributed by atoms with Crippen molar-refractivity contribution in [3.8, 4) is 0 Å². The van der Waals surface area contributed by atoms with E-state index in [9.17, 15) is 9.59 Å². The van der Waals surface area contributed by atoms with Crippen LogP contribution in [0.15, 0.2) is 24.3 Å². The van der Waals surface area contributed by atoms with Crippen LogP contribution in [0.3, 0.4) is 0 Å². The van der Waals surface area contributed by atoms with Crippen LogP contribution >= 0.6 is 0 Å². The van der Waals surface area contributed by atoms with E-state index in [1.807, 2.05) is 31.2 Å². The van der Waals surface area contributed by atoms with Gasteiger partial charge in [0.15, 0.2) is 0 Å². The summed E-state index contributed by atoms with van der Waals surface area (Å²) in [5.74, 6) is -0.0969. The lowest BCUT2D eigenvalue weighted by atomic mass is 10.2. The molecule has 1 aliphatic rings. The zero-order valence-corrected chi connectivity index (χ0v) is 10.3. The average Bonchev–Trinajstić information content (AvgIpc) is 2.72. The van der Waals surface area contributed by atoms with Crippen molar-refractivity contribution in [1.29, 1.82) is 0 Å². The third-order valence-corrected chi connectivity index (χ3v) is 2.76. The lowest BCUT2D eigenvalue weighted by molar-refractivity contribution is -0.116. The van der Waals surface area contributed by atoms with Crippen molar-refractivity contribution < 1.29 is 14.3 Å². The van der Waals surface area contributed by atoms with Crippen LogP contribution in [0.25, 0.3) is 0 Å². The van der Waals surface area contributed by atoms with E-state index in [1.54, 1.807) is 0 Å². The number of cyclic esters (lactones) is 1.